The highest BCUT2D eigenvalue weighted by Crippen LogP contribution is 2.35. The Bertz CT molecular complexity index is 325. The van der Waals surface area contributed by atoms with Crippen molar-refractivity contribution in [3.8, 4) is 11.5 Å². The second-order valence-corrected chi connectivity index (χ2v) is 3.47. The molecule has 1 aliphatic heterocycles. The zero-order valence-corrected chi connectivity index (χ0v) is 8.32. The molecule has 0 unspecified atom stereocenters. The van der Waals surface area contributed by atoms with Gasteiger partial charge in [0.15, 0.2) is 0 Å². The summed E-state index contributed by atoms with van der Waals surface area (Å²) in [6.07, 6.45) is 1.01. The Labute approximate surface area is 83.8 Å². The molecular formula is C11H15NO2. The summed E-state index contributed by atoms with van der Waals surface area (Å²) < 4.78 is 10.7. The smallest absolute Gasteiger partial charge is 0.126 e. The van der Waals surface area contributed by atoms with Crippen LogP contribution in [-0.4, -0.2) is 20.3 Å². The number of nitrogens with two attached hydrogens (primary N) is 1. The standard InChI is InChI=1S/C11H15NO2/c1-13-9-2-3-10-8(7-12)4-5-14-11(10)6-9/h2-3,6,8H,4-5,7,12H2,1H3/t8-/m1/s1. The predicted octanol–water partition coefficient (Wildman–Crippen LogP) is 1.52. The summed E-state index contributed by atoms with van der Waals surface area (Å²) in [5, 5.41) is 0. The average molecular weight is 193 g/mol. The lowest BCUT2D eigenvalue weighted by Crippen LogP contribution is -2.20. The zero-order chi connectivity index (χ0) is 9.97. The van der Waals surface area contributed by atoms with Gasteiger partial charge in [0.25, 0.3) is 0 Å². The first-order valence-corrected chi connectivity index (χ1v) is 4.86. The maximum absolute atomic E-state index is 5.70. The summed E-state index contributed by atoms with van der Waals surface area (Å²) in [7, 11) is 1.66. The van der Waals surface area contributed by atoms with E-state index in [1.54, 1.807) is 7.11 Å². The van der Waals surface area contributed by atoms with Crippen LogP contribution in [-0.2, 0) is 0 Å². The minimum Gasteiger partial charge on any atom is -0.497 e. The third kappa shape index (κ3) is 1.55. The summed E-state index contributed by atoms with van der Waals surface area (Å²) in [6, 6.07) is 5.93. The number of rotatable bonds is 2. The van der Waals surface area contributed by atoms with Gasteiger partial charge >= 0.3 is 0 Å². The second kappa shape index (κ2) is 3.88. The van der Waals surface area contributed by atoms with E-state index < -0.39 is 0 Å². The fourth-order valence-corrected chi connectivity index (χ4v) is 1.82. The Hall–Kier alpha value is -1.22. The number of hydrogen-bond donors (Lipinski definition) is 1. The lowest BCUT2D eigenvalue weighted by Gasteiger charge is -2.25. The molecule has 0 spiro atoms. The van der Waals surface area contributed by atoms with Crippen molar-refractivity contribution in [1.29, 1.82) is 0 Å². The minimum absolute atomic E-state index is 0.435. The van der Waals surface area contributed by atoms with E-state index in [4.69, 9.17) is 15.2 Å². The van der Waals surface area contributed by atoms with Crippen LogP contribution in [0.5, 0.6) is 11.5 Å². The molecule has 2 rings (SSSR count). The van der Waals surface area contributed by atoms with Crippen molar-refractivity contribution in [3.63, 3.8) is 0 Å². The fourth-order valence-electron chi connectivity index (χ4n) is 1.82. The fraction of sp³-hybridized carbons (Fsp3) is 0.455. The maximum Gasteiger partial charge on any atom is 0.126 e. The van der Waals surface area contributed by atoms with E-state index in [1.165, 1.54) is 5.56 Å². The third-order valence-electron chi connectivity index (χ3n) is 2.67. The van der Waals surface area contributed by atoms with Crippen molar-refractivity contribution in [1.82, 2.24) is 0 Å². The van der Waals surface area contributed by atoms with Gasteiger partial charge in [0.2, 0.25) is 0 Å². The van der Waals surface area contributed by atoms with Gasteiger partial charge in [-0.3, -0.25) is 0 Å². The Morgan fingerprint density at radius 1 is 1.57 bits per heavy atom. The van der Waals surface area contributed by atoms with Crippen LogP contribution >= 0.6 is 0 Å². The van der Waals surface area contributed by atoms with Crippen molar-refractivity contribution < 1.29 is 9.47 Å². The Balaban J connectivity index is 2.35. The first kappa shape index (κ1) is 9.34. The first-order chi connectivity index (χ1) is 6.85. The van der Waals surface area contributed by atoms with Gasteiger partial charge in [-0.1, -0.05) is 6.07 Å². The molecule has 0 aromatic heterocycles. The van der Waals surface area contributed by atoms with E-state index in [0.717, 1.165) is 24.5 Å². The maximum atomic E-state index is 5.70. The summed E-state index contributed by atoms with van der Waals surface area (Å²) >= 11 is 0. The van der Waals surface area contributed by atoms with Crippen LogP contribution in [0, 0.1) is 0 Å². The number of benzene rings is 1. The zero-order valence-electron chi connectivity index (χ0n) is 8.32. The molecule has 1 aliphatic rings. The Kier molecular flexibility index (Phi) is 2.59. The van der Waals surface area contributed by atoms with Gasteiger partial charge in [0.1, 0.15) is 11.5 Å². The molecule has 0 saturated carbocycles. The van der Waals surface area contributed by atoms with Gasteiger partial charge in [-0.25, -0.2) is 0 Å². The molecule has 3 heteroatoms. The molecule has 2 N–H and O–H groups in total. The number of hydrogen-bond acceptors (Lipinski definition) is 3. The molecule has 0 saturated heterocycles. The summed E-state index contributed by atoms with van der Waals surface area (Å²) in [5.41, 5.74) is 6.91. The van der Waals surface area contributed by atoms with E-state index in [2.05, 4.69) is 0 Å². The highest BCUT2D eigenvalue weighted by atomic mass is 16.5. The molecule has 1 atom stereocenters. The molecular weight excluding hydrogens is 178 g/mol. The van der Waals surface area contributed by atoms with Gasteiger partial charge in [0, 0.05) is 12.0 Å². The molecule has 0 radical (unpaired) electrons. The molecule has 1 aromatic carbocycles. The van der Waals surface area contributed by atoms with Crippen molar-refractivity contribution >= 4 is 0 Å². The molecule has 3 nitrogen and oxygen atoms in total. The molecule has 0 aliphatic carbocycles. The predicted molar refractivity (Wildman–Crippen MR) is 54.9 cm³/mol. The Morgan fingerprint density at radius 2 is 2.43 bits per heavy atom. The number of ether oxygens (including phenoxy) is 2. The van der Waals surface area contributed by atoms with Crippen LogP contribution < -0.4 is 15.2 Å². The monoisotopic (exact) mass is 193 g/mol. The van der Waals surface area contributed by atoms with Crippen LogP contribution in [0.3, 0.4) is 0 Å². The quantitative estimate of drug-likeness (QED) is 0.774. The highest BCUT2D eigenvalue weighted by Gasteiger charge is 2.20. The van der Waals surface area contributed by atoms with Crippen LogP contribution in [0.4, 0.5) is 0 Å². The van der Waals surface area contributed by atoms with Gasteiger partial charge in [-0.15, -0.1) is 0 Å². The lowest BCUT2D eigenvalue weighted by atomic mass is 9.93. The van der Waals surface area contributed by atoms with E-state index in [1.807, 2.05) is 18.2 Å². The normalized spacial score (nSPS) is 19.7. The van der Waals surface area contributed by atoms with Gasteiger partial charge in [-0.2, -0.15) is 0 Å². The molecule has 14 heavy (non-hydrogen) atoms. The minimum atomic E-state index is 0.435. The number of methoxy groups -OCH3 is 1. The van der Waals surface area contributed by atoms with Gasteiger partial charge in [-0.05, 0) is 24.6 Å². The van der Waals surface area contributed by atoms with Gasteiger partial charge < -0.3 is 15.2 Å². The van der Waals surface area contributed by atoms with E-state index in [9.17, 15) is 0 Å². The topological polar surface area (TPSA) is 44.5 Å². The first-order valence-electron chi connectivity index (χ1n) is 4.86. The summed E-state index contributed by atoms with van der Waals surface area (Å²) in [6.45, 7) is 1.44. The molecule has 76 valence electrons. The van der Waals surface area contributed by atoms with Crippen molar-refractivity contribution in [2.75, 3.05) is 20.3 Å². The van der Waals surface area contributed by atoms with Crippen LogP contribution in [0.15, 0.2) is 18.2 Å². The van der Waals surface area contributed by atoms with Crippen molar-refractivity contribution in [3.05, 3.63) is 23.8 Å². The van der Waals surface area contributed by atoms with E-state index >= 15 is 0 Å². The second-order valence-electron chi connectivity index (χ2n) is 3.47. The molecule has 0 bridgehead atoms. The lowest BCUT2D eigenvalue weighted by molar-refractivity contribution is 0.267. The molecule has 1 aromatic rings. The largest absolute Gasteiger partial charge is 0.497 e. The van der Waals surface area contributed by atoms with Crippen LogP contribution in [0.25, 0.3) is 0 Å². The number of fused-ring (bicyclic) bond motifs is 1. The molecule has 1 heterocycles. The molecule has 0 amide bonds. The van der Waals surface area contributed by atoms with Crippen molar-refractivity contribution in [2.24, 2.45) is 5.73 Å². The molecule has 0 fully saturated rings. The average Bonchev–Trinajstić information content (AvgIpc) is 2.27. The third-order valence-corrected chi connectivity index (χ3v) is 2.67. The summed E-state index contributed by atoms with van der Waals surface area (Å²) in [5.74, 6) is 2.19. The van der Waals surface area contributed by atoms with Crippen LogP contribution in [0.2, 0.25) is 0 Å². The Morgan fingerprint density at radius 3 is 3.14 bits per heavy atom. The van der Waals surface area contributed by atoms with Crippen LogP contribution in [0.1, 0.15) is 17.9 Å². The van der Waals surface area contributed by atoms with Gasteiger partial charge in [0.05, 0.1) is 13.7 Å². The highest BCUT2D eigenvalue weighted by molar-refractivity contribution is 5.43. The van der Waals surface area contributed by atoms with E-state index in [0.29, 0.717) is 12.5 Å². The summed E-state index contributed by atoms with van der Waals surface area (Å²) in [4.78, 5) is 0. The van der Waals surface area contributed by atoms with E-state index in [-0.39, 0.29) is 0 Å². The van der Waals surface area contributed by atoms with Crippen molar-refractivity contribution in [2.45, 2.75) is 12.3 Å². The SMILES string of the molecule is COc1ccc2c(c1)OCC[C@@H]2CN.